The Hall–Kier alpha value is -1.35. The zero-order chi connectivity index (χ0) is 12.3. The highest BCUT2D eigenvalue weighted by Crippen LogP contribution is 2.43. The highest BCUT2D eigenvalue weighted by atomic mass is 16.4. The largest absolute Gasteiger partial charge is 0.481 e. The lowest BCUT2D eigenvalue weighted by Gasteiger charge is -2.40. The van der Waals surface area contributed by atoms with Gasteiger partial charge in [0.15, 0.2) is 0 Å². The Morgan fingerprint density at radius 3 is 2.59 bits per heavy atom. The summed E-state index contributed by atoms with van der Waals surface area (Å²) >= 11 is 0. The van der Waals surface area contributed by atoms with Crippen LogP contribution in [-0.4, -0.2) is 22.8 Å². The highest BCUT2D eigenvalue weighted by Gasteiger charge is 2.48. The van der Waals surface area contributed by atoms with Crippen LogP contribution in [0.4, 0.5) is 0 Å². The van der Waals surface area contributed by atoms with Gasteiger partial charge in [0.05, 0.1) is 5.41 Å². The number of carboxylic acids is 1. The molecule has 0 spiro atoms. The minimum atomic E-state index is -0.895. The molecule has 0 radical (unpaired) electrons. The molecule has 0 aromatic heterocycles. The summed E-state index contributed by atoms with van der Waals surface area (Å²) in [6.07, 6.45) is 3.33. The number of carboxylic acid groups (broad SMARTS) is 1. The van der Waals surface area contributed by atoms with Gasteiger partial charge in [-0.25, -0.2) is 0 Å². The Kier molecular flexibility index (Phi) is 3.48. The molecule has 92 valence electrons. The van der Waals surface area contributed by atoms with E-state index in [4.69, 9.17) is 0 Å². The van der Waals surface area contributed by atoms with Crippen molar-refractivity contribution in [2.75, 3.05) is 6.61 Å². The topological polar surface area (TPSA) is 57.5 Å². The molecule has 2 rings (SSSR count). The minimum absolute atomic E-state index is 0.0544. The second kappa shape index (κ2) is 4.88. The van der Waals surface area contributed by atoms with Crippen LogP contribution in [0, 0.1) is 5.92 Å². The highest BCUT2D eigenvalue weighted by molar-refractivity contribution is 5.82. The molecule has 17 heavy (non-hydrogen) atoms. The molecule has 3 heteroatoms. The van der Waals surface area contributed by atoms with Gasteiger partial charge in [-0.05, 0) is 18.4 Å². The van der Waals surface area contributed by atoms with Crippen molar-refractivity contribution >= 4 is 5.97 Å². The SMILES string of the molecule is O=C(O)C1(c2ccccc2)CCCCC1CO. The first-order chi connectivity index (χ1) is 8.21. The van der Waals surface area contributed by atoms with Gasteiger partial charge in [0.25, 0.3) is 0 Å². The molecular formula is C14H18O3. The first kappa shape index (κ1) is 12.1. The Balaban J connectivity index is 2.47. The first-order valence-electron chi connectivity index (χ1n) is 6.11. The zero-order valence-electron chi connectivity index (χ0n) is 9.80. The van der Waals surface area contributed by atoms with E-state index in [2.05, 4.69) is 0 Å². The molecule has 0 amide bonds. The summed E-state index contributed by atoms with van der Waals surface area (Å²) in [7, 11) is 0. The molecule has 1 aromatic rings. The number of carbonyl (C=O) groups is 1. The van der Waals surface area contributed by atoms with Crippen LogP contribution < -0.4 is 0 Å². The second-order valence-electron chi connectivity index (χ2n) is 4.77. The molecule has 1 fully saturated rings. The Morgan fingerprint density at radius 2 is 2.00 bits per heavy atom. The van der Waals surface area contributed by atoms with Crippen LogP contribution in [0.15, 0.2) is 30.3 Å². The molecule has 2 unspecified atom stereocenters. The van der Waals surface area contributed by atoms with Gasteiger partial charge >= 0.3 is 5.97 Å². The van der Waals surface area contributed by atoms with Crippen LogP contribution in [-0.2, 0) is 10.2 Å². The fourth-order valence-electron chi connectivity index (χ4n) is 3.01. The molecule has 0 heterocycles. The van der Waals surface area contributed by atoms with Crippen LogP contribution in [0.3, 0.4) is 0 Å². The third-order valence-corrected chi connectivity index (χ3v) is 3.96. The summed E-state index contributed by atoms with van der Waals surface area (Å²) in [6.45, 7) is -0.0544. The molecule has 1 aliphatic rings. The fraction of sp³-hybridized carbons (Fsp3) is 0.500. The molecule has 0 saturated heterocycles. The molecular weight excluding hydrogens is 216 g/mol. The predicted octanol–water partition coefficient (Wildman–Crippen LogP) is 2.19. The lowest BCUT2D eigenvalue weighted by atomic mass is 9.63. The molecule has 3 nitrogen and oxygen atoms in total. The third-order valence-electron chi connectivity index (χ3n) is 3.96. The van der Waals surface area contributed by atoms with E-state index in [1.807, 2.05) is 30.3 Å². The van der Waals surface area contributed by atoms with Gasteiger partial charge in [0, 0.05) is 12.5 Å². The third kappa shape index (κ3) is 1.95. The van der Waals surface area contributed by atoms with Crippen LogP contribution in [0.5, 0.6) is 0 Å². The number of aliphatic hydroxyl groups excluding tert-OH is 1. The van der Waals surface area contributed by atoms with Crippen molar-refractivity contribution in [2.24, 2.45) is 5.92 Å². The van der Waals surface area contributed by atoms with Crippen LogP contribution in [0.1, 0.15) is 31.2 Å². The van der Waals surface area contributed by atoms with Crippen molar-refractivity contribution in [1.29, 1.82) is 0 Å². The number of aliphatic hydroxyl groups is 1. The van der Waals surface area contributed by atoms with Gasteiger partial charge in [0.1, 0.15) is 0 Å². The van der Waals surface area contributed by atoms with Crippen LogP contribution in [0.25, 0.3) is 0 Å². The Labute approximate surface area is 101 Å². The van der Waals surface area contributed by atoms with Crippen molar-refractivity contribution in [3.05, 3.63) is 35.9 Å². The Bertz CT molecular complexity index is 388. The Morgan fingerprint density at radius 1 is 1.29 bits per heavy atom. The standard InChI is InChI=1S/C14H18O3/c15-10-12-8-4-5-9-14(12,13(16)17)11-6-2-1-3-7-11/h1-3,6-7,12,15H,4-5,8-10H2,(H,16,17). The van der Waals surface area contributed by atoms with Gasteiger partial charge in [-0.2, -0.15) is 0 Å². The maximum absolute atomic E-state index is 11.7. The quantitative estimate of drug-likeness (QED) is 0.842. The van der Waals surface area contributed by atoms with Crippen molar-refractivity contribution in [3.63, 3.8) is 0 Å². The number of rotatable bonds is 3. The summed E-state index contributed by atoms with van der Waals surface area (Å²) < 4.78 is 0. The average Bonchev–Trinajstić information content (AvgIpc) is 2.39. The monoisotopic (exact) mass is 234 g/mol. The van der Waals surface area contributed by atoms with Crippen molar-refractivity contribution in [2.45, 2.75) is 31.1 Å². The van der Waals surface area contributed by atoms with E-state index in [-0.39, 0.29) is 12.5 Å². The molecule has 0 bridgehead atoms. The van der Waals surface area contributed by atoms with Gasteiger partial charge in [-0.15, -0.1) is 0 Å². The average molecular weight is 234 g/mol. The number of hydrogen-bond donors (Lipinski definition) is 2. The number of hydrogen-bond acceptors (Lipinski definition) is 2. The van der Waals surface area contributed by atoms with Gasteiger partial charge in [-0.1, -0.05) is 43.2 Å². The maximum atomic E-state index is 11.7. The smallest absolute Gasteiger partial charge is 0.314 e. The lowest BCUT2D eigenvalue weighted by Crippen LogP contribution is -2.46. The summed E-state index contributed by atoms with van der Waals surface area (Å²) in [5.74, 6) is -0.974. The molecule has 1 aromatic carbocycles. The summed E-state index contributed by atoms with van der Waals surface area (Å²) in [4.78, 5) is 11.7. The summed E-state index contributed by atoms with van der Waals surface area (Å²) in [5.41, 5.74) is -0.0694. The van der Waals surface area contributed by atoms with Crippen molar-refractivity contribution < 1.29 is 15.0 Å². The van der Waals surface area contributed by atoms with Crippen molar-refractivity contribution in [1.82, 2.24) is 0 Å². The van der Waals surface area contributed by atoms with E-state index in [0.717, 1.165) is 24.8 Å². The van der Waals surface area contributed by atoms with E-state index >= 15 is 0 Å². The van der Waals surface area contributed by atoms with Gasteiger partial charge in [-0.3, -0.25) is 4.79 Å². The molecule has 1 saturated carbocycles. The summed E-state index contributed by atoms with van der Waals surface area (Å²) in [5, 5.41) is 19.1. The van der Waals surface area contributed by atoms with E-state index in [1.54, 1.807) is 0 Å². The predicted molar refractivity (Wildman–Crippen MR) is 64.8 cm³/mol. The zero-order valence-corrected chi connectivity index (χ0v) is 9.80. The summed E-state index contributed by atoms with van der Waals surface area (Å²) in [6, 6.07) is 9.34. The van der Waals surface area contributed by atoms with Gasteiger partial charge in [0.2, 0.25) is 0 Å². The van der Waals surface area contributed by atoms with Crippen LogP contribution >= 0.6 is 0 Å². The molecule has 2 atom stereocenters. The second-order valence-corrected chi connectivity index (χ2v) is 4.77. The van der Waals surface area contributed by atoms with Gasteiger partial charge < -0.3 is 10.2 Å². The molecule has 2 N–H and O–H groups in total. The first-order valence-corrected chi connectivity index (χ1v) is 6.11. The van der Waals surface area contributed by atoms with E-state index in [0.29, 0.717) is 6.42 Å². The van der Waals surface area contributed by atoms with Crippen LogP contribution in [0.2, 0.25) is 0 Å². The van der Waals surface area contributed by atoms with E-state index in [1.165, 1.54) is 0 Å². The van der Waals surface area contributed by atoms with E-state index < -0.39 is 11.4 Å². The molecule has 1 aliphatic carbocycles. The maximum Gasteiger partial charge on any atom is 0.314 e. The number of aliphatic carboxylic acids is 1. The van der Waals surface area contributed by atoms with Crippen molar-refractivity contribution in [3.8, 4) is 0 Å². The lowest BCUT2D eigenvalue weighted by molar-refractivity contribution is -0.149. The minimum Gasteiger partial charge on any atom is -0.481 e. The normalized spacial score (nSPS) is 28.9. The number of benzene rings is 1. The fourth-order valence-corrected chi connectivity index (χ4v) is 3.01. The van der Waals surface area contributed by atoms with E-state index in [9.17, 15) is 15.0 Å². The molecule has 0 aliphatic heterocycles.